The largest absolute Gasteiger partial charge is 0.497 e. The maximum Gasteiger partial charge on any atom is 0.332 e. The van der Waals surface area contributed by atoms with Crippen LogP contribution < -0.4 is 4.74 Å². The summed E-state index contributed by atoms with van der Waals surface area (Å²) in [5.41, 5.74) is 0.317. The molecule has 0 aliphatic heterocycles. The van der Waals surface area contributed by atoms with E-state index in [1.807, 2.05) is 0 Å². The summed E-state index contributed by atoms with van der Waals surface area (Å²) in [5.74, 6) is -0.699. The van der Waals surface area contributed by atoms with Crippen molar-refractivity contribution in [2.75, 3.05) is 13.7 Å². The highest BCUT2D eigenvalue weighted by atomic mass is 35.5. The number of carbonyl (C=O) groups excluding carboxylic acids is 2. The molecule has 0 bridgehead atoms. The molecular weight excluding hydrogens is 244 g/mol. The van der Waals surface area contributed by atoms with Crippen LogP contribution in [0.3, 0.4) is 0 Å². The van der Waals surface area contributed by atoms with E-state index in [9.17, 15) is 9.59 Å². The van der Waals surface area contributed by atoms with Crippen molar-refractivity contribution in [3.05, 3.63) is 29.8 Å². The zero-order chi connectivity index (χ0) is 12.8. The molecule has 5 heteroatoms. The van der Waals surface area contributed by atoms with Crippen LogP contribution in [0.5, 0.6) is 5.75 Å². The smallest absolute Gasteiger partial charge is 0.332 e. The molecule has 0 aromatic heterocycles. The molecule has 0 aliphatic carbocycles. The van der Waals surface area contributed by atoms with E-state index >= 15 is 0 Å². The Labute approximate surface area is 104 Å². The van der Waals surface area contributed by atoms with Crippen molar-refractivity contribution >= 4 is 23.4 Å². The number of hydrogen-bond acceptors (Lipinski definition) is 4. The normalized spacial score (nSPS) is 11.7. The second kappa shape index (κ2) is 6.25. The number of esters is 1. The Morgan fingerprint density at radius 2 is 2.12 bits per heavy atom. The summed E-state index contributed by atoms with van der Waals surface area (Å²) in [6.07, 6.45) is 0. The molecule has 1 atom stereocenters. The lowest BCUT2D eigenvalue weighted by Gasteiger charge is -2.08. The Kier molecular flexibility index (Phi) is 4.97. The summed E-state index contributed by atoms with van der Waals surface area (Å²) in [5, 5.41) is -1.32. The van der Waals surface area contributed by atoms with Gasteiger partial charge in [0.25, 0.3) is 0 Å². The lowest BCUT2D eigenvalue weighted by molar-refractivity contribution is -0.141. The molecule has 0 amide bonds. The van der Waals surface area contributed by atoms with Crippen LogP contribution in [0, 0.1) is 0 Å². The van der Waals surface area contributed by atoms with Crippen molar-refractivity contribution in [1.82, 2.24) is 0 Å². The first-order valence-electron chi connectivity index (χ1n) is 5.09. The maximum absolute atomic E-state index is 11.8. The van der Waals surface area contributed by atoms with Gasteiger partial charge in [0, 0.05) is 5.56 Å². The zero-order valence-electron chi connectivity index (χ0n) is 9.60. The molecule has 1 aromatic rings. The Morgan fingerprint density at radius 1 is 1.41 bits per heavy atom. The molecule has 1 rings (SSSR count). The third kappa shape index (κ3) is 3.46. The van der Waals surface area contributed by atoms with E-state index in [-0.39, 0.29) is 6.61 Å². The van der Waals surface area contributed by atoms with Gasteiger partial charge in [0.15, 0.2) is 11.2 Å². The lowest BCUT2D eigenvalue weighted by atomic mass is 10.1. The molecule has 0 fully saturated rings. The van der Waals surface area contributed by atoms with Gasteiger partial charge in [-0.1, -0.05) is 12.1 Å². The van der Waals surface area contributed by atoms with Crippen LogP contribution in [0.1, 0.15) is 17.3 Å². The van der Waals surface area contributed by atoms with E-state index in [1.54, 1.807) is 25.1 Å². The predicted molar refractivity (Wildman–Crippen MR) is 63.6 cm³/mol. The van der Waals surface area contributed by atoms with Crippen LogP contribution in [0.2, 0.25) is 0 Å². The third-order valence-corrected chi connectivity index (χ3v) is 2.45. The first-order chi connectivity index (χ1) is 8.10. The van der Waals surface area contributed by atoms with Gasteiger partial charge in [-0.05, 0) is 19.1 Å². The summed E-state index contributed by atoms with van der Waals surface area (Å²) in [6.45, 7) is 1.84. The van der Waals surface area contributed by atoms with Crippen LogP contribution in [0.15, 0.2) is 24.3 Å². The lowest BCUT2D eigenvalue weighted by Crippen LogP contribution is -2.26. The fourth-order valence-corrected chi connectivity index (χ4v) is 1.43. The molecule has 0 saturated carbocycles. The van der Waals surface area contributed by atoms with Gasteiger partial charge in [-0.2, -0.15) is 0 Å². The molecule has 1 aromatic carbocycles. The average molecular weight is 257 g/mol. The van der Waals surface area contributed by atoms with Crippen LogP contribution in [0.4, 0.5) is 0 Å². The van der Waals surface area contributed by atoms with Gasteiger partial charge in [0.2, 0.25) is 0 Å². The van der Waals surface area contributed by atoms with E-state index in [1.165, 1.54) is 13.2 Å². The van der Waals surface area contributed by atoms with E-state index < -0.39 is 17.1 Å². The molecule has 0 N–H and O–H groups in total. The monoisotopic (exact) mass is 256 g/mol. The van der Waals surface area contributed by atoms with E-state index in [0.717, 1.165) is 0 Å². The molecule has 0 saturated heterocycles. The molecule has 4 nitrogen and oxygen atoms in total. The summed E-state index contributed by atoms with van der Waals surface area (Å²) >= 11 is 5.73. The summed E-state index contributed by atoms with van der Waals surface area (Å²) in [7, 11) is 1.49. The number of ether oxygens (including phenoxy) is 2. The molecule has 0 spiro atoms. The van der Waals surface area contributed by atoms with Crippen LogP contribution in [-0.4, -0.2) is 30.8 Å². The first-order valence-corrected chi connectivity index (χ1v) is 5.52. The fraction of sp³-hybridized carbons (Fsp3) is 0.333. The molecule has 92 valence electrons. The number of halogens is 1. The second-order valence-corrected chi connectivity index (χ2v) is 3.65. The topological polar surface area (TPSA) is 52.6 Å². The molecule has 0 heterocycles. The molecule has 17 heavy (non-hydrogen) atoms. The minimum absolute atomic E-state index is 0.188. The van der Waals surface area contributed by atoms with Crippen molar-refractivity contribution in [3.8, 4) is 5.75 Å². The van der Waals surface area contributed by atoms with Crippen LogP contribution in [0.25, 0.3) is 0 Å². The van der Waals surface area contributed by atoms with Gasteiger partial charge < -0.3 is 9.47 Å². The van der Waals surface area contributed by atoms with Crippen molar-refractivity contribution in [3.63, 3.8) is 0 Å². The quantitative estimate of drug-likeness (QED) is 0.350. The molecule has 0 radical (unpaired) electrons. The first kappa shape index (κ1) is 13.5. The Balaban J connectivity index is 2.84. The number of Topliss-reactive ketones (excluding diaryl/α,β-unsaturated/α-hetero) is 1. The summed E-state index contributed by atoms with van der Waals surface area (Å²) in [4.78, 5) is 23.1. The molecule has 0 aliphatic rings. The summed E-state index contributed by atoms with van der Waals surface area (Å²) in [6, 6.07) is 6.45. The van der Waals surface area contributed by atoms with Crippen molar-refractivity contribution < 1.29 is 19.1 Å². The minimum atomic E-state index is -1.32. The third-order valence-electron chi connectivity index (χ3n) is 2.08. The van der Waals surface area contributed by atoms with Crippen molar-refractivity contribution in [2.24, 2.45) is 0 Å². The molecular formula is C12H13ClO4. The predicted octanol–water partition coefficient (Wildman–Crippen LogP) is 2.05. The van der Waals surface area contributed by atoms with Gasteiger partial charge in [0.05, 0.1) is 13.7 Å². The highest BCUT2D eigenvalue weighted by molar-refractivity contribution is 6.43. The van der Waals surface area contributed by atoms with Gasteiger partial charge in [0.1, 0.15) is 5.75 Å². The highest BCUT2D eigenvalue weighted by Gasteiger charge is 2.26. The van der Waals surface area contributed by atoms with Gasteiger partial charge in [-0.15, -0.1) is 11.6 Å². The van der Waals surface area contributed by atoms with E-state index in [4.69, 9.17) is 16.3 Å². The zero-order valence-corrected chi connectivity index (χ0v) is 10.4. The van der Waals surface area contributed by atoms with Gasteiger partial charge >= 0.3 is 5.97 Å². The van der Waals surface area contributed by atoms with Gasteiger partial charge in [-0.3, -0.25) is 4.79 Å². The number of hydrogen-bond donors (Lipinski definition) is 0. The number of alkyl halides is 1. The van der Waals surface area contributed by atoms with E-state index in [0.29, 0.717) is 11.3 Å². The number of benzene rings is 1. The highest BCUT2D eigenvalue weighted by Crippen LogP contribution is 2.16. The Bertz CT molecular complexity index is 417. The standard InChI is InChI=1S/C12H13ClO4/c1-3-17-12(15)10(13)11(14)8-5-4-6-9(7-8)16-2/h4-7,10H,3H2,1-2H3. The minimum Gasteiger partial charge on any atom is -0.497 e. The maximum atomic E-state index is 11.8. The SMILES string of the molecule is CCOC(=O)C(Cl)C(=O)c1cccc(OC)c1. The molecule has 1 unspecified atom stereocenters. The Hall–Kier alpha value is -1.55. The number of rotatable bonds is 5. The Morgan fingerprint density at radius 3 is 2.71 bits per heavy atom. The van der Waals surface area contributed by atoms with Gasteiger partial charge in [-0.25, -0.2) is 4.79 Å². The van der Waals surface area contributed by atoms with Crippen molar-refractivity contribution in [1.29, 1.82) is 0 Å². The van der Waals surface area contributed by atoms with E-state index in [2.05, 4.69) is 4.74 Å². The van der Waals surface area contributed by atoms with Crippen molar-refractivity contribution in [2.45, 2.75) is 12.3 Å². The fourth-order valence-electron chi connectivity index (χ4n) is 1.25. The number of carbonyl (C=O) groups is 2. The number of ketones is 1. The summed E-state index contributed by atoms with van der Waals surface area (Å²) < 4.78 is 9.66. The van der Waals surface area contributed by atoms with Crippen LogP contribution in [-0.2, 0) is 9.53 Å². The average Bonchev–Trinajstić information content (AvgIpc) is 2.37. The number of methoxy groups -OCH3 is 1. The van der Waals surface area contributed by atoms with Crippen LogP contribution >= 0.6 is 11.6 Å². The second-order valence-electron chi connectivity index (χ2n) is 3.21.